The standard InChI is InChI=1S/C12H16ClN/c1-8(2)10-7-14-6-9-4-3-5-11(13)12(9)10/h3-5,8,10,14H,6-7H2,1-2H3. The smallest absolute Gasteiger partial charge is 0.0444 e. The van der Waals surface area contributed by atoms with Gasteiger partial charge >= 0.3 is 0 Å². The average molecular weight is 210 g/mol. The van der Waals surface area contributed by atoms with Crippen molar-refractivity contribution in [2.45, 2.75) is 26.3 Å². The number of nitrogens with one attached hydrogen (secondary N) is 1. The normalized spacial score (nSPS) is 21.0. The van der Waals surface area contributed by atoms with E-state index >= 15 is 0 Å². The number of benzene rings is 1. The molecule has 0 aromatic heterocycles. The van der Waals surface area contributed by atoms with Crippen molar-refractivity contribution in [2.75, 3.05) is 6.54 Å². The predicted octanol–water partition coefficient (Wildman–Crippen LogP) is 3.18. The molecule has 0 amide bonds. The molecule has 1 atom stereocenters. The second kappa shape index (κ2) is 3.92. The van der Waals surface area contributed by atoms with E-state index in [0.717, 1.165) is 18.1 Å². The lowest BCUT2D eigenvalue weighted by Crippen LogP contribution is -2.31. The summed E-state index contributed by atoms with van der Waals surface area (Å²) < 4.78 is 0. The third-order valence-electron chi connectivity index (χ3n) is 3.00. The molecule has 0 saturated heterocycles. The number of halogens is 1. The Morgan fingerprint density at radius 1 is 1.43 bits per heavy atom. The predicted molar refractivity (Wildman–Crippen MR) is 60.7 cm³/mol. The van der Waals surface area contributed by atoms with Crippen LogP contribution in [0.5, 0.6) is 0 Å². The van der Waals surface area contributed by atoms with Gasteiger partial charge in [0.05, 0.1) is 0 Å². The Morgan fingerprint density at radius 2 is 2.21 bits per heavy atom. The van der Waals surface area contributed by atoms with E-state index in [9.17, 15) is 0 Å². The lowest BCUT2D eigenvalue weighted by Gasteiger charge is -2.30. The number of hydrogen-bond donors (Lipinski definition) is 1. The summed E-state index contributed by atoms with van der Waals surface area (Å²) >= 11 is 6.25. The van der Waals surface area contributed by atoms with Gasteiger partial charge in [0.1, 0.15) is 0 Å². The van der Waals surface area contributed by atoms with Crippen molar-refractivity contribution in [3.63, 3.8) is 0 Å². The van der Waals surface area contributed by atoms with Crippen molar-refractivity contribution in [1.82, 2.24) is 5.32 Å². The molecular formula is C12H16ClN. The molecule has 1 unspecified atom stereocenters. The summed E-state index contributed by atoms with van der Waals surface area (Å²) in [6, 6.07) is 6.20. The number of fused-ring (bicyclic) bond motifs is 1. The molecule has 0 fully saturated rings. The summed E-state index contributed by atoms with van der Waals surface area (Å²) in [7, 11) is 0. The van der Waals surface area contributed by atoms with Gasteiger partial charge in [-0.25, -0.2) is 0 Å². The Kier molecular flexibility index (Phi) is 2.80. The monoisotopic (exact) mass is 209 g/mol. The van der Waals surface area contributed by atoms with Gasteiger partial charge in [0.15, 0.2) is 0 Å². The lowest BCUT2D eigenvalue weighted by molar-refractivity contribution is 0.436. The fraction of sp³-hybridized carbons (Fsp3) is 0.500. The Bertz CT molecular complexity index is 333. The van der Waals surface area contributed by atoms with Crippen LogP contribution < -0.4 is 5.32 Å². The van der Waals surface area contributed by atoms with E-state index in [1.165, 1.54) is 11.1 Å². The molecule has 1 N–H and O–H groups in total. The SMILES string of the molecule is CC(C)C1CNCc2cccc(Cl)c21. The van der Waals surface area contributed by atoms with E-state index in [1.807, 2.05) is 12.1 Å². The average Bonchev–Trinajstić information content (AvgIpc) is 2.17. The molecular weight excluding hydrogens is 194 g/mol. The van der Waals surface area contributed by atoms with Crippen molar-refractivity contribution in [1.29, 1.82) is 0 Å². The highest BCUT2D eigenvalue weighted by Crippen LogP contribution is 2.34. The largest absolute Gasteiger partial charge is 0.312 e. The highest BCUT2D eigenvalue weighted by Gasteiger charge is 2.24. The van der Waals surface area contributed by atoms with Gasteiger partial charge in [0.25, 0.3) is 0 Å². The van der Waals surface area contributed by atoms with E-state index in [1.54, 1.807) is 0 Å². The summed E-state index contributed by atoms with van der Waals surface area (Å²) in [5.41, 5.74) is 2.73. The van der Waals surface area contributed by atoms with Crippen LogP contribution in [0, 0.1) is 5.92 Å². The highest BCUT2D eigenvalue weighted by atomic mass is 35.5. The Morgan fingerprint density at radius 3 is 2.93 bits per heavy atom. The Hall–Kier alpha value is -0.530. The van der Waals surface area contributed by atoms with E-state index < -0.39 is 0 Å². The quantitative estimate of drug-likeness (QED) is 0.749. The molecule has 76 valence electrons. The maximum Gasteiger partial charge on any atom is 0.0444 e. The highest BCUT2D eigenvalue weighted by molar-refractivity contribution is 6.31. The first-order chi connectivity index (χ1) is 6.70. The molecule has 1 heterocycles. The maximum absolute atomic E-state index is 6.25. The molecule has 1 aliphatic rings. The zero-order chi connectivity index (χ0) is 10.1. The second-order valence-electron chi connectivity index (χ2n) is 4.29. The van der Waals surface area contributed by atoms with E-state index in [-0.39, 0.29) is 0 Å². The molecule has 1 aromatic carbocycles. The summed E-state index contributed by atoms with van der Waals surface area (Å²) in [5.74, 6) is 1.20. The van der Waals surface area contributed by atoms with Crippen molar-refractivity contribution in [3.8, 4) is 0 Å². The molecule has 1 aliphatic heterocycles. The lowest BCUT2D eigenvalue weighted by atomic mass is 9.83. The fourth-order valence-corrected chi connectivity index (χ4v) is 2.52. The van der Waals surface area contributed by atoms with Crippen LogP contribution in [0.4, 0.5) is 0 Å². The van der Waals surface area contributed by atoms with Crippen molar-refractivity contribution >= 4 is 11.6 Å². The number of hydrogen-bond acceptors (Lipinski definition) is 1. The zero-order valence-electron chi connectivity index (χ0n) is 8.68. The first-order valence-corrected chi connectivity index (χ1v) is 5.56. The molecule has 1 aromatic rings. The molecule has 1 nitrogen and oxygen atoms in total. The van der Waals surface area contributed by atoms with Crippen molar-refractivity contribution < 1.29 is 0 Å². The molecule has 14 heavy (non-hydrogen) atoms. The van der Waals surface area contributed by atoms with Crippen LogP contribution in [0.1, 0.15) is 30.9 Å². The molecule has 0 spiro atoms. The van der Waals surface area contributed by atoms with Gasteiger partial charge in [-0.05, 0) is 23.1 Å². The van der Waals surface area contributed by atoms with Crippen molar-refractivity contribution in [3.05, 3.63) is 34.3 Å². The third kappa shape index (κ3) is 1.67. The summed E-state index contributed by atoms with van der Waals surface area (Å²) in [5, 5.41) is 4.37. The molecule has 0 aliphatic carbocycles. The van der Waals surface area contributed by atoms with Gasteiger partial charge in [0, 0.05) is 24.0 Å². The van der Waals surface area contributed by atoms with Crippen LogP contribution in [0.2, 0.25) is 5.02 Å². The fourth-order valence-electron chi connectivity index (χ4n) is 2.18. The molecule has 2 rings (SSSR count). The Balaban J connectivity index is 2.47. The van der Waals surface area contributed by atoms with Crippen LogP contribution in [0.3, 0.4) is 0 Å². The first kappa shape index (κ1) is 10.0. The van der Waals surface area contributed by atoms with Crippen LogP contribution >= 0.6 is 11.6 Å². The maximum atomic E-state index is 6.25. The van der Waals surface area contributed by atoms with Gasteiger partial charge in [-0.15, -0.1) is 0 Å². The van der Waals surface area contributed by atoms with Gasteiger partial charge in [-0.2, -0.15) is 0 Å². The third-order valence-corrected chi connectivity index (χ3v) is 3.33. The van der Waals surface area contributed by atoms with E-state index in [2.05, 4.69) is 25.2 Å². The molecule has 0 radical (unpaired) electrons. The van der Waals surface area contributed by atoms with Gasteiger partial charge in [-0.3, -0.25) is 0 Å². The van der Waals surface area contributed by atoms with Crippen LogP contribution in [-0.4, -0.2) is 6.54 Å². The van der Waals surface area contributed by atoms with Gasteiger partial charge < -0.3 is 5.32 Å². The van der Waals surface area contributed by atoms with E-state index in [4.69, 9.17) is 11.6 Å². The minimum atomic E-state index is 0.562. The van der Waals surface area contributed by atoms with Gasteiger partial charge in [-0.1, -0.05) is 37.6 Å². The first-order valence-electron chi connectivity index (χ1n) is 5.18. The second-order valence-corrected chi connectivity index (χ2v) is 4.70. The minimum absolute atomic E-state index is 0.562. The molecule has 0 bridgehead atoms. The Labute approximate surface area is 90.5 Å². The zero-order valence-corrected chi connectivity index (χ0v) is 9.43. The summed E-state index contributed by atoms with van der Waals surface area (Å²) in [4.78, 5) is 0. The van der Waals surface area contributed by atoms with Crippen molar-refractivity contribution in [2.24, 2.45) is 5.92 Å². The van der Waals surface area contributed by atoms with Crippen LogP contribution in [0.15, 0.2) is 18.2 Å². The summed E-state index contributed by atoms with van der Waals surface area (Å²) in [6.07, 6.45) is 0. The minimum Gasteiger partial charge on any atom is -0.312 e. The topological polar surface area (TPSA) is 12.0 Å². The molecule has 0 saturated carbocycles. The van der Waals surface area contributed by atoms with Gasteiger partial charge in [0.2, 0.25) is 0 Å². The number of rotatable bonds is 1. The van der Waals surface area contributed by atoms with Crippen LogP contribution in [0.25, 0.3) is 0 Å². The van der Waals surface area contributed by atoms with E-state index in [0.29, 0.717) is 11.8 Å². The molecule has 2 heteroatoms. The van der Waals surface area contributed by atoms with Crippen LogP contribution in [-0.2, 0) is 6.54 Å². The summed E-state index contributed by atoms with van der Waals surface area (Å²) in [6.45, 7) is 6.52.